The first-order valence-corrected chi connectivity index (χ1v) is 5.45. The predicted molar refractivity (Wildman–Crippen MR) is 69.0 cm³/mol. The molecule has 0 rings (SSSR count). The molecule has 0 saturated carbocycles. The highest BCUT2D eigenvalue weighted by Gasteiger charge is 2.00. The summed E-state index contributed by atoms with van der Waals surface area (Å²) in [5.41, 5.74) is 1.14. The molecule has 0 aliphatic heterocycles. The van der Waals surface area contributed by atoms with E-state index in [-0.39, 0.29) is 0 Å². The smallest absolute Gasteiger partial charge is 0.112 e. The van der Waals surface area contributed by atoms with Gasteiger partial charge in [0, 0.05) is 0 Å². The molecule has 0 aromatic rings. The maximum atomic E-state index is 5.30. The van der Waals surface area contributed by atoms with Crippen LogP contribution in [0.15, 0.2) is 48.5 Å². The lowest BCUT2D eigenvalue weighted by Gasteiger charge is -2.09. The zero-order valence-electron chi connectivity index (χ0n) is 10.7. The topological polar surface area (TPSA) is 18.5 Å². The zero-order valence-corrected chi connectivity index (χ0v) is 10.7. The van der Waals surface area contributed by atoms with Gasteiger partial charge in [0.1, 0.15) is 11.5 Å². The Morgan fingerprint density at radius 3 is 2.25 bits per heavy atom. The molecule has 0 saturated heterocycles. The standard InChI is InChI=1S/C14H22O2/c1-7-16-13(5)10-14(11(2)3)9-8-12(4)15-6/h8-11H,4-5,7H2,1-3,6H3/b9-8-,14-10+. The van der Waals surface area contributed by atoms with Crippen LogP contribution in [0.4, 0.5) is 0 Å². The Morgan fingerprint density at radius 1 is 1.19 bits per heavy atom. The minimum atomic E-state index is 0.401. The van der Waals surface area contributed by atoms with Crippen molar-refractivity contribution in [2.75, 3.05) is 13.7 Å². The normalized spacial score (nSPS) is 11.9. The molecule has 0 aliphatic carbocycles. The van der Waals surface area contributed by atoms with E-state index in [1.807, 2.05) is 25.2 Å². The van der Waals surface area contributed by atoms with Crippen molar-refractivity contribution < 1.29 is 9.47 Å². The van der Waals surface area contributed by atoms with E-state index in [2.05, 4.69) is 27.0 Å². The molecule has 0 N–H and O–H groups in total. The minimum Gasteiger partial charge on any atom is -0.497 e. The molecular formula is C14H22O2. The van der Waals surface area contributed by atoms with Crippen LogP contribution in [0.5, 0.6) is 0 Å². The molecule has 16 heavy (non-hydrogen) atoms. The molecule has 0 amide bonds. The summed E-state index contributed by atoms with van der Waals surface area (Å²) in [6.07, 6.45) is 5.75. The van der Waals surface area contributed by atoms with E-state index in [1.54, 1.807) is 7.11 Å². The van der Waals surface area contributed by atoms with Crippen LogP contribution in [0, 0.1) is 5.92 Å². The van der Waals surface area contributed by atoms with Crippen LogP contribution >= 0.6 is 0 Å². The second-order valence-corrected chi connectivity index (χ2v) is 3.70. The van der Waals surface area contributed by atoms with Crippen molar-refractivity contribution in [3.8, 4) is 0 Å². The number of hydrogen-bond acceptors (Lipinski definition) is 2. The number of hydrogen-bond donors (Lipinski definition) is 0. The van der Waals surface area contributed by atoms with Crippen molar-refractivity contribution >= 4 is 0 Å². The fourth-order valence-corrected chi connectivity index (χ4v) is 1.08. The van der Waals surface area contributed by atoms with Crippen molar-refractivity contribution in [3.05, 3.63) is 48.5 Å². The lowest BCUT2D eigenvalue weighted by Crippen LogP contribution is -1.94. The molecule has 0 unspecified atom stereocenters. The Morgan fingerprint density at radius 2 is 1.81 bits per heavy atom. The van der Waals surface area contributed by atoms with Gasteiger partial charge in [0.25, 0.3) is 0 Å². The lowest BCUT2D eigenvalue weighted by atomic mass is 10.0. The molecule has 0 aromatic carbocycles. The fourth-order valence-electron chi connectivity index (χ4n) is 1.08. The summed E-state index contributed by atoms with van der Waals surface area (Å²) in [4.78, 5) is 0. The van der Waals surface area contributed by atoms with Gasteiger partial charge in [0.05, 0.1) is 13.7 Å². The molecule has 0 bridgehead atoms. The minimum absolute atomic E-state index is 0.401. The van der Waals surface area contributed by atoms with Gasteiger partial charge in [-0.25, -0.2) is 0 Å². The summed E-state index contributed by atoms with van der Waals surface area (Å²) in [6.45, 7) is 14.4. The Hall–Kier alpha value is -1.44. The molecule has 2 heteroatoms. The summed E-state index contributed by atoms with van der Waals surface area (Å²) in [6, 6.07) is 0. The second kappa shape index (κ2) is 7.80. The van der Waals surface area contributed by atoms with Crippen molar-refractivity contribution in [1.82, 2.24) is 0 Å². The first-order valence-electron chi connectivity index (χ1n) is 5.45. The summed E-state index contributed by atoms with van der Waals surface area (Å²) in [5.74, 6) is 1.71. The molecule has 0 aromatic heterocycles. The first-order chi connectivity index (χ1) is 7.51. The first kappa shape index (κ1) is 14.6. The van der Waals surface area contributed by atoms with E-state index in [1.165, 1.54) is 0 Å². The molecule has 2 nitrogen and oxygen atoms in total. The average Bonchev–Trinajstić information content (AvgIpc) is 2.23. The van der Waals surface area contributed by atoms with Crippen LogP contribution in [0.25, 0.3) is 0 Å². The molecule has 0 aliphatic rings. The van der Waals surface area contributed by atoms with E-state index in [4.69, 9.17) is 9.47 Å². The summed E-state index contributed by atoms with van der Waals surface area (Å²) >= 11 is 0. The van der Waals surface area contributed by atoms with Gasteiger partial charge in [0.15, 0.2) is 0 Å². The highest BCUT2D eigenvalue weighted by atomic mass is 16.5. The molecule has 0 radical (unpaired) electrons. The maximum Gasteiger partial charge on any atom is 0.112 e. The fraction of sp³-hybridized carbons (Fsp3) is 0.429. The third-order valence-electron chi connectivity index (χ3n) is 2.05. The molecular weight excluding hydrogens is 200 g/mol. The molecule has 0 atom stereocenters. The van der Waals surface area contributed by atoms with Gasteiger partial charge in [-0.1, -0.05) is 33.1 Å². The van der Waals surface area contributed by atoms with Gasteiger partial charge in [-0.05, 0) is 30.6 Å². The van der Waals surface area contributed by atoms with Gasteiger partial charge in [0.2, 0.25) is 0 Å². The Balaban J connectivity index is 4.68. The summed E-state index contributed by atoms with van der Waals surface area (Å²) in [5, 5.41) is 0. The van der Waals surface area contributed by atoms with Crippen LogP contribution in [0.3, 0.4) is 0 Å². The third kappa shape index (κ3) is 6.12. The Labute approximate surface area is 99.0 Å². The van der Waals surface area contributed by atoms with Crippen LogP contribution in [0.1, 0.15) is 20.8 Å². The molecule has 0 heterocycles. The average molecular weight is 222 g/mol. The Kier molecular flexibility index (Phi) is 7.10. The Bertz CT molecular complexity index is 296. The third-order valence-corrected chi connectivity index (χ3v) is 2.05. The van der Waals surface area contributed by atoms with Crippen LogP contribution < -0.4 is 0 Å². The highest BCUT2D eigenvalue weighted by molar-refractivity contribution is 5.30. The van der Waals surface area contributed by atoms with E-state index < -0.39 is 0 Å². The highest BCUT2D eigenvalue weighted by Crippen LogP contribution is 2.15. The SMILES string of the molecule is C=C(/C=C\C(=C/C(=C)OCC)C(C)C)OC. The number of rotatable bonds is 7. The monoisotopic (exact) mass is 222 g/mol. The van der Waals surface area contributed by atoms with E-state index in [0.29, 0.717) is 24.0 Å². The summed E-state index contributed by atoms with van der Waals surface area (Å²) < 4.78 is 10.3. The second-order valence-electron chi connectivity index (χ2n) is 3.70. The van der Waals surface area contributed by atoms with Gasteiger partial charge < -0.3 is 9.47 Å². The van der Waals surface area contributed by atoms with Gasteiger partial charge >= 0.3 is 0 Å². The number of methoxy groups -OCH3 is 1. The summed E-state index contributed by atoms with van der Waals surface area (Å²) in [7, 11) is 1.60. The quantitative estimate of drug-likeness (QED) is 0.481. The van der Waals surface area contributed by atoms with Crippen LogP contribution in [0.2, 0.25) is 0 Å². The molecule has 0 fully saturated rings. The van der Waals surface area contributed by atoms with E-state index in [0.717, 1.165) is 5.57 Å². The van der Waals surface area contributed by atoms with Gasteiger partial charge in [-0.15, -0.1) is 0 Å². The van der Waals surface area contributed by atoms with Gasteiger partial charge in [-0.2, -0.15) is 0 Å². The zero-order chi connectivity index (χ0) is 12.6. The number of ether oxygens (including phenoxy) is 2. The largest absolute Gasteiger partial charge is 0.497 e. The predicted octanol–water partition coefficient (Wildman–Crippen LogP) is 3.84. The van der Waals surface area contributed by atoms with E-state index in [9.17, 15) is 0 Å². The lowest BCUT2D eigenvalue weighted by molar-refractivity contribution is 0.243. The maximum absolute atomic E-state index is 5.30. The molecule has 0 spiro atoms. The van der Waals surface area contributed by atoms with Crippen molar-refractivity contribution in [2.45, 2.75) is 20.8 Å². The van der Waals surface area contributed by atoms with Crippen molar-refractivity contribution in [3.63, 3.8) is 0 Å². The molecule has 90 valence electrons. The van der Waals surface area contributed by atoms with Crippen molar-refractivity contribution in [2.24, 2.45) is 5.92 Å². The van der Waals surface area contributed by atoms with E-state index >= 15 is 0 Å². The van der Waals surface area contributed by atoms with Crippen molar-refractivity contribution in [1.29, 1.82) is 0 Å². The van der Waals surface area contributed by atoms with Crippen LogP contribution in [-0.4, -0.2) is 13.7 Å². The van der Waals surface area contributed by atoms with Gasteiger partial charge in [-0.3, -0.25) is 0 Å². The number of allylic oxidation sites excluding steroid dienone is 4. The van der Waals surface area contributed by atoms with Crippen LogP contribution in [-0.2, 0) is 9.47 Å².